The number of para-hydroxylation sites is 1. The molecular weight excluding hydrogens is 484 g/mol. The molecule has 0 saturated heterocycles. The number of pyridine rings is 2. The number of benzene rings is 2. The molecule has 0 aliphatic carbocycles. The molecule has 0 unspecified atom stereocenters. The van der Waals surface area contributed by atoms with Crippen molar-refractivity contribution in [3.63, 3.8) is 0 Å². The van der Waals surface area contributed by atoms with Gasteiger partial charge in [0.15, 0.2) is 11.6 Å². The fraction of sp³-hybridized carbons (Fsp3) is 0.103. The largest absolute Gasteiger partial charge is 0.358 e. The molecule has 2 aromatic carbocycles. The molecule has 0 fully saturated rings. The number of anilines is 1. The molecule has 0 radical (unpaired) electrons. The zero-order valence-corrected chi connectivity index (χ0v) is 20.5. The number of hydrogen-bond acceptors (Lipinski definition) is 5. The van der Waals surface area contributed by atoms with Gasteiger partial charge in [0.25, 0.3) is 0 Å². The average molecular weight is 508 g/mol. The fourth-order valence-corrected chi connectivity index (χ4v) is 4.59. The Balaban J connectivity index is 1.44. The average Bonchev–Trinajstić information content (AvgIpc) is 3.54. The van der Waals surface area contributed by atoms with Crippen molar-refractivity contribution in [2.24, 2.45) is 0 Å². The first-order valence-corrected chi connectivity index (χ1v) is 12.2. The molecule has 9 heteroatoms. The molecule has 4 aromatic heterocycles. The lowest BCUT2D eigenvalue weighted by atomic mass is 10.0. The van der Waals surface area contributed by atoms with Crippen molar-refractivity contribution in [3.8, 4) is 33.9 Å². The topological polar surface area (TPSA) is 95.2 Å². The lowest BCUT2D eigenvalue weighted by molar-refractivity contribution is 0.628. The monoisotopic (exact) mass is 507 g/mol. The van der Waals surface area contributed by atoms with Crippen LogP contribution in [0.1, 0.15) is 19.8 Å². The van der Waals surface area contributed by atoms with E-state index < -0.39 is 5.82 Å². The summed E-state index contributed by atoms with van der Waals surface area (Å²) in [5.41, 5.74) is 5.79. The molecule has 4 heterocycles. The van der Waals surface area contributed by atoms with Gasteiger partial charge in [0.1, 0.15) is 17.2 Å². The Morgan fingerprint density at radius 3 is 2.68 bits per heavy atom. The van der Waals surface area contributed by atoms with Crippen LogP contribution in [0.25, 0.3) is 55.8 Å². The highest BCUT2D eigenvalue weighted by Crippen LogP contribution is 2.35. The summed E-state index contributed by atoms with van der Waals surface area (Å²) in [7, 11) is 0. The first-order valence-electron chi connectivity index (χ1n) is 12.2. The van der Waals surface area contributed by atoms with E-state index in [9.17, 15) is 4.39 Å². The summed E-state index contributed by atoms with van der Waals surface area (Å²) in [6.07, 6.45) is 6.55. The molecule has 0 spiro atoms. The zero-order valence-electron chi connectivity index (χ0n) is 20.5. The first-order chi connectivity index (χ1) is 18.5. The van der Waals surface area contributed by atoms with E-state index in [-0.39, 0.29) is 16.9 Å². The summed E-state index contributed by atoms with van der Waals surface area (Å²) in [4.78, 5) is 16.6. The number of hydrogen-bond donors (Lipinski definition) is 3. The second-order valence-electron chi connectivity index (χ2n) is 9.02. The minimum atomic E-state index is -0.539. The normalized spacial score (nSPS) is 11.3. The fourth-order valence-electron chi connectivity index (χ4n) is 4.59. The van der Waals surface area contributed by atoms with E-state index in [2.05, 4.69) is 44.0 Å². The van der Waals surface area contributed by atoms with Gasteiger partial charge in [-0.05, 0) is 36.2 Å². The van der Waals surface area contributed by atoms with Crippen LogP contribution in [0.4, 0.5) is 14.5 Å². The third-order valence-corrected chi connectivity index (χ3v) is 6.30. The lowest BCUT2D eigenvalue weighted by Crippen LogP contribution is -1.99. The highest BCUT2D eigenvalue weighted by molar-refractivity contribution is 5.98. The summed E-state index contributed by atoms with van der Waals surface area (Å²) in [5.74, 6) is -0.488. The van der Waals surface area contributed by atoms with Crippen molar-refractivity contribution >= 4 is 27.6 Å². The number of H-pyrrole nitrogens is 2. The molecule has 6 aromatic rings. The number of fused-ring (bicyclic) bond motifs is 2. The summed E-state index contributed by atoms with van der Waals surface area (Å²) >= 11 is 0. The van der Waals surface area contributed by atoms with E-state index in [4.69, 9.17) is 4.98 Å². The van der Waals surface area contributed by atoms with Crippen molar-refractivity contribution in [1.29, 1.82) is 0 Å². The Morgan fingerprint density at radius 2 is 1.84 bits per heavy atom. The summed E-state index contributed by atoms with van der Waals surface area (Å²) in [5, 5.41) is 10.7. The van der Waals surface area contributed by atoms with Gasteiger partial charge in [-0.3, -0.25) is 15.1 Å². The van der Waals surface area contributed by atoms with Crippen LogP contribution in [0.2, 0.25) is 0 Å². The number of allylic oxidation sites excluding steroid dienone is 1. The van der Waals surface area contributed by atoms with Gasteiger partial charge in [0.05, 0.1) is 40.0 Å². The minimum absolute atomic E-state index is 0.147. The Labute approximate surface area is 216 Å². The lowest BCUT2D eigenvalue weighted by Gasteiger charge is -2.10. The maximum absolute atomic E-state index is 16.0. The van der Waals surface area contributed by atoms with Gasteiger partial charge in [0, 0.05) is 23.0 Å². The molecular formula is C29H23F2N7. The Bertz CT molecular complexity index is 1820. The number of aromatic nitrogens is 6. The van der Waals surface area contributed by atoms with Crippen molar-refractivity contribution in [1.82, 2.24) is 30.1 Å². The summed E-state index contributed by atoms with van der Waals surface area (Å²) in [6, 6.07) is 13.7. The Morgan fingerprint density at radius 1 is 0.974 bits per heavy atom. The Hall–Kier alpha value is -4.92. The van der Waals surface area contributed by atoms with Gasteiger partial charge in [0.2, 0.25) is 0 Å². The van der Waals surface area contributed by atoms with Crippen LogP contribution in [-0.4, -0.2) is 30.1 Å². The number of imidazole rings is 1. The molecule has 0 atom stereocenters. The SMILES string of the molecule is C=C(CCC)Nc1cncc(-c2ncc3[nH]nc(-c4nc5c(-c6cccc(F)c6)cccc5[nH]4)c3c2F)c1. The minimum Gasteiger partial charge on any atom is -0.358 e. The zero-order chi connectivity index (χ0) is 26.2. The number of aromatic amines is 2. The molecule has 188 valence electrons. The predicted molar refractivity (Wildman–Crippen MR) is 145 cm³/mol. The smallest absolute Gasteiger partial charge is 0.161 e. The molecule has 0 aliphatic rings. The third kappa shape index (κ3) is 4.17. The van der Waals surface area contributed by atoms with Crippen LogP contribution in [0.5, 0.6) is 0 Å². The highest BCUT2D eigenvalue weighted by Gasteiger charge is 2.21. The first kappa shape index (κ1) is 23.5. The maximum atomic E-state index is 16.0. The quantitative estimate of drug-likeness (QED) is 0.212. The van der Waals surface area contributed by atoms with E-state index in [1.807, 2.05) is 24.3 Å². The Kier molecular flexibility index (Phi) is 5.88. The van der Waals surface area contributed by atoms with Crippen molar-refractivity contribution in [2.45, 2.75) is 19.8 Å². The molecule has 3 N–H and O–H groups in total. The molecule has 0 aliphatic heterocycles. The van der Waals surface area contributed by atoms with Crippen LogP contribution < -0.4 is 5.32 Å². The predicted octanol–water partition coefficient (Wildman–Crippen LogP) is 7.23. The summed E-state index contributed by atoms with van der Waals surface area (Å²) in [6.45, 7) is 6.09. The number of nitrogens with zero attached hydrogens (tertiary/aromatic N) is 4. The van der Waals surface area contributed by atoms with Crippen LogP contribution >= 0.6 is 0 Å². The second-order valence-corrected chi connectivity index (χ2v) is 9.02. The number of halogens is 2. The van der Waals surface area contributed by atoms with E-state index >= 15 is 4.39 Å². The van der Waals surface area contributed by atoms with Crippen LogP contribution in [-0.2, 0) is 0 Å². The van der Waals surface area contributed by atoms with E-state index in [0.29, 0.717) is 39.4 Å². The molecule has 38 heavy (non-hydrogen) atoms. The van der Waals surface area contributed by atoms with Gasteiger partial charge >= 0.3 is 0 Å². The standard InChI is InChI=1S/C29H23F2N7/c1-3-6-16(2)34-20-12-18(13-32-14-20)26-25(31)24-23(15-33-26)37-38-28(24)29-35-22-10-5-9-21(27(22)36-29)17-7-4-8-19(30)11-17/h4-5,7-15,34H,2-3,6H2,1H3,(H,35,36)(H,37,38). The summed E-state index contributed by atoms with van der Waals surface area (Å²) < 4.78 is 29.9. The van der Waals surface area contributed by atoms with E-state index in [0.717, 1.165) is 29.6 Å². The van der Waals surface area contributed by atoms with Crippen LogP contribution in [0.15, 0.2) is 79.4 Å². The number of rotatable bonds is 7. The van der Waals surface area contributed by atoms with Gasteiger partial charge in [-0.15, -0.1) is 0 Å². The van der Waals surface area contributed by atoms with Gasteiger partial charge in [-0.2, -0.15) is 5.10 Å². The van der Waals surface area contributed by atoms with Gasteiger partial charge in [-0.25, -0.2) is 13.8 Å². The molecule has 0 saturated carbocycles. The highest BCUT2D eigenvalue weighted by atomic mass is 19.1. The van der Waals surface area contributed by atoms with Crippen LogP contribution in [0.3, 0.4) is 0 Å². The molecule has 7 nitrogen and oxygen atoms in total. The van der Waals surface area contributed by atoms with E-state index in [1.165, 1.54) is 12.1 Å². The van der Waals surface area contributed by atoms with Gasteiger partial charge < -0.3 is 10.3 Å². The third-order valence-electron chi connectivity index (χ3n) is 6.30. The maximum Gasteiger partial charge on any atom is 0.161 e. The van der Waals surface area contributed by atoms with Crippen molar-refractivity contribution < 1.29 is 8.78 Å². The molecule has 0 bridgehead atoms. The van der Waals surface area contributed by atoms with E-state index in [1.54, 1.807) is 30.7 Å². The molecule has 6 rings (SSSR count). The van der Waals surface area contributed by atoms with Crippen molar-refractivity contribution in [3.05, 3.63) is 91.0 Å². The number of nitrogens with one attached hydrogen (secondary N) is 3. The molecule has 0 amide bonds. The second kappa shape index (κ2) is 9.51. The van der Waals surface area contributed by atoms with Crippen LogP contribution in [0, 0.1) is 11.6 Å². The van der Waals surface area contributed by atoms with Gasteiger partial charge in [-0.1, -0.05) is 44.2 Å². The van der Waals surface area contributed by atoms with Crippen molar-refractivity contribution in [2.75, 3.05) is 5.32 Å².